The average molecular weight is 378 g/mol. The summed E-state index contributed by atoms with van der Waals surface area (Å²) in [5, 5.41) is 11.2. The number of esters is 1. The zero-order valence-electron chi connectivity index (χ0n) is 13.6. The van der Waals surface area contributed by atoms with E-state index in [4.69, 9.17) is 16.9 Å². The van der Waals surface area contributed by atoms with Gasteiger partial charge in [-0.25, -0.2) is 9.18 Å². The lowest BCUT2D eigenvalue weighted by Crippen LogP contribution is -2.17. The molecule has 26 heavy (non-hydrogen) atoms. The van der Waals surface area contributed by atoms with E-state index in [0.717, 1.165) is 6.07 Å². The topological polar surface area (TPSA) is 112 Å². The van der Waals surface area contributed by atoms with Gasteiger partial charge < -0.3 is 15.0 Å². The molecule has 2 aromatic rings. The summed E-state index contributed by atoms with van der Waals surface area (Å²) in [7, 11) is 0. The Morgan fingerprint density at radius 2 is 2.12 bits per heavy atom. The molecule has 0 radical (unpaired) electrons. The zero-order chi connectivity index (χ0) is 19.3. The molecular formula is C17H13ClFN3O4. The van der Waals surface area contributed by atoms with Crippen molar-refractivity contribution in [3.8, 4) is 6.07 Å². The van der Waals surface area contributed by atoms with E-state index in [0.29, 0.717) is 0 Å². The number of halogens is 2. The molecule has 0 bridgehead atoms. The van der Waals surface area contributed by atoms with Crippen LogP contribution < -0.4 is 5.32 Å². The average Bonchev–Trinajstić information content (AvgIpc) is 2.96. The van der Waals surface area contributed by atoms with Gasteiger partial charge in [0.1, 0.15) is 11.9 Å². The molecule has 134 valence electrons. The summed E-state index contributed by atoms with van der Waals surface area (Å²) in [5.41, 5.74) is 0.155. The molecule has 0 saturated carbocycles. The first-order valence-electron chi connectivity index (χ1n) is 7.44. The first-order chi connectivity index (χ1) is 12.4. The quantitative estimate of drug-likeness (QED) is 0.456. The van der Waals surface area contributed by atoms with E-state index >= 15 is 0 Å². The van der Waals surface area contributed by atoms with Gasteiger partial charge in [-0.15, -0.1) is 0 Å². The number of aromatic nitrogens is 1. The molecule has 1 amide bonds. The van der Waals surface area contributed by atoms with E-state index in [1.807, 2.05) is 0 Å². The third kappa shape index (κ3) is 4.26. The van der Waals surface area contributed by atoms with E-state index < -0.39 is 23.5 Å². The number of rotatable bonds is 6. The van der Waals surface area contributed by atoms with Crippen LogP contribution in [0.25, 0.3) is 0 Å². The summed E-state index contributed by atoms with van der Waals surface area (Å²) in [6.07, 6.45) is 0.990. The van der Waals surface area contributed by atoms with E-state index in [1.165, 1.54) is 18.3 Å². The van der Waals surface area contributed by atoms with Gasteiger partial charge in [0.25, 0.3) is 5.78 Å². The zero-order valence-corrected chi connectivity index (χ0v) is 14.3. The number of nitrogens with one attached hydrogen (secondary N) is 2. The van der Waals surface area contributed by atoms with Crippen LogP contribution in [-0.4, -0.2) is 29.3 Å². The summed E-state index contributed by atoms with van der Waals surface area (Å²) in [5.74, 6) is -3.17. The van der Waals surface area contributed by atoms with Crippen LogP contribution in [0.3, 0.4) is 0 Å². The Labute approximate surface area is 152 Å². The smallest absolute Gasteiger partial charge is 0.379 e. The summed E-state index contributed by atoms with van der Waals surface area (Å²) in [4.78, 5) is 38.1. The Morgan fingerprint density at radius 3 is 2.77 bits per heavy atom. The number of amides is 1. The van der Waals surface area contributed by atoms with Crippen molar-refractivity contribution in [1.82, 2.24) is 4.98 Å². The third-order valence-electron chi connectivity index (χ3n) is 3.31. The number of carbonyl (C=O) groups is 3. The molecule has 2 rings (SSSR count). The Balaban J connectivity index is 2.10. The summed E-state index contributed by atoms with van der Waals surface area (Å²) >= 11 is 6.05. The second-order valence-electron chi connectivity index (χ2n) is 5.08. The Bertz CT molecular complexity index is 917. The molecule has 0 aliphatic rings. The van der Waals surface area contributed by atoms with Crippen LogP contribution in [0.15, 0.2) is 24.4 Å². The van der Waals surface area contributed by atoms with Gasteiger partial charge in [0.15, 0.2) is 0 Å². The highest BCUT2D eigenvalue weighted by atomic mass is 35.5. The fourth-order valence-corrected chi connectivity index (χ4v) is 2.37. The minimum atomic E-state index is -1.04. The van der Waals surface area contributed by atoms with Crippen molar-refractivity contribution in [3.63, 3.8) is 0 Å². The molecule has 0 aliphatic heterocycles. The number of H-pyrrole nitrogens is 1. The van der Waals surface area contributed by atoms with Crippen LogP contribution in [-0.2, 0) is 20.7 Å². The number of aromatic amines is 1. The maximum Gasteiger partial charge on any atom is 0.379 e. The van der Waals surface area contributed by atoms with Crippen LogP contribution in [0.4, 0.5) is 10.1 Å². The highest BCUT2D eigenvalue weighted by Gasteiger charge is 2.24. The van der Waals surface area contributed by atoms with Gasteiger partial charge in [-0.1, -0.05) is 11.6 Å². The predicted molar refractivity (Wildman–Crippen MR) is 90.2 cm³/mol. The Morgan fingerprint density at radius 1 is 1.38 bits per heavy atom. The van der Waals surface area contributed by atoms with Crippen molar-refractivity contribution in [2.45, 2.75) is 13.3 Å². The number of hydrogen-bond donors (Lipinski definition) is 2. The molecule has 0 spiro atoms. The number of ketones is 1. The number of hydrogen-bond acceptors (Lipinski definition) is 5. The first kappa shape index (κ1) is 19.1. The molecule has 0 aliphatic carbocycles. The van der Waals surface area contributed by atoms with Crippen molar-refractivity contribution >= 4 is 34.9 Å². The van der Waals surface area contributed by atoms with E-state index in [-0.39, 0.29) is 40.6 Å². The number of benzene rings is 1. The molecule has 1 heterocycles. The van der Waals surface area contributed by atoms with E-state index in [9.17, 15) is 18.8 Å². The minimum Gasteiger partial charge on any atom is -0.460 e. The van der Waals surface area contributed by atoms with E-state index in [1.54, 1.807) is 13.0 Å². The van der Waals surface area contributed by atoms with Crippen LogP contribution in [0, 0.1) is 17.1 Å². The van der Waals surface area contributed by atoms with Crippen LogP contribution in [0.5, 0.6) is 0 Å². The molecule has 0 saturated heterocycles. The van der Waals surface area contributed by atoms with Crippen molar-refractivity contribution in [2.24, 2.45) is 0 Å². The molecule has 1 aromatic heterocycles. The van der Waals surface area contributed by atoms with Crippen molar-refractivity contribution in [1.29, 1.82) is 5.26 Å². The molecule has 0 unspecified atom stereocenters. The highest BCUT2D eigenvalue weighted by Crippen LogP contribution is 2.23. The van der Waals surface area contributed by atoms with Crippen LogP contribution in [0.1, 0.15) is 28.5 Å². The first-order valence-corrected chi connectivity index (χ1v) is 7.81. The van der Waals surface area contributed by atoms with Crippen LogP contribution >= 0.6 is 11.6 Å². The standard InChI is InChI=1S/C17H13ClFN3O4/c1-2-26-17(25)16(24)11-8-21-13(15(11)18)6-14(23)22-10-3-4-12(19)9(5-10)7-20/h3-5,8,21H,2,6H2,1H3,(H,22,23). The Kier molecular flexibility index (Phi) is 6.09. The second kappa shape index (κ2) is 8.27. The number of anilines is 1. The molecule has 1 aromatic carbocycles. The van der Waals surface area contributed by atoms with Gasteiger partial charge in [-0.2, -0.15) is 5.26 Å². The van der Waals surface area contributed by atoms with Gasteiger partial charge in [0.05, 0.1) is 29.2 Å². The maximum absolute atomic E-state index is 13.3. The minimum absolute atomic E-state index is 0.0459. The lowest BCUT2D eigenvalue weighted by molar-refractivity contribution is -0.137. The van der Waals surface area contributed by atoms with E-state index in [2.05, 4.69) is 15.0 Å². The molecule has 2 N–H and O–H groups in total. The lowest BCUT2D eigenvalue weighted by atomic mass is 10.2. The summed E-state index contributed by atoms with van der Waals surface area (Å²) in [6.45, 7) is 1.61. The van der Waals surface area contributed by atoms with Gasteiger partial charge in [0.2, 0.25) is 5.91 Å². The largest absolute Gasteiger partial charge is 0.460 e. The fourth-order valence-electron chi connectivity index (χ4n) is 2.10. The molecular weight excluding hydrogens is 365 g/mol. The van der Waals surface area contributed by atoms with Crippen LogP contribution in [0.2, 0.25) is 5.02 Å². The number of nitriles is 1. The molecule has 7 nitrogen and oxygen atoms in total. The number of carbonyl (C=O) groups excluding carboxylic acids is 3. The predicted octanol–water partition coefficient (Wildman–Crippen LogP) is 2.61. The van der Waals surface area contributed by atoms with Gasteiger partial charge in [-0.05, 0) is 25.1 Å². The summed E-state index contributed by atoms with van der Waals surface area (Å²) in [6, 6.07) is 5.23. The second-order valence-corrected chi connectivity index (χ2v) is 5.45. The summed E-state index contributed by atoms with van der Waals surface area (Å²) < 4.78 is 17.9. The van der Waals surface area contributed by atoms with Crippen molar-refractivity contribution in [3.05, 3.63) is 52.1 Å². The van der Waals surface area contributed by atoms with Gasteiger partial charge >= 0.3 is 5.97 Å². The van der Waals surface area contributed by atoms with Gasteiger partial charge in [0, 0.05) is 17.6 Å². The maximum atomic E-state index is 13.3. The normalized spacial score (nSPS) is 10.1. The Hall–Kier alpha value is -3.18. The number of ether oxygens (including phenoxy) is 1. The highest BCUT2D eigenvalue weighted by molar-refractivity contribution is 6.45. The van der Waals surface area contributed by atoms with Gasteiger partial charge in [-0.3, -0.25) is 9.59 Å². The third-order valence-corrected chi connectivity index (χ3v) is 3.74. The van der Waals surface area contributed by atoms with Crippen molar-refractivity contribution < 1.29 is 23.5 Å². The lowest BCUT2D eigenvalue weighted by Gasteiger charge is -2.06. The van der Waals surface area contributed by atoms with Crippen molar-refractivity contribution in [2.75, 3.05) is 11.9 Å². The molecule has 0 fully saturated rings. The SMILES string of the molecule is CCOC(=O)C(=O)c1c[nH]c(CC(=O)Nc2ccc(F)c(C#N)c2)c1Cl. The molecule has 9 heteroatoms. The molecule has 0 atom stereocenters. The fraction of sp³-hybridized carbons (Fsp3) is 0.176. The monoisotopic (exact) mass is 377 g/mol. The number of nitrogens with zero attached hydrogens (tertiary/aromatic N) is 1. The number of Topliss-reactive ketones (excluding diaryl/α,β-unsaturated/α-hetero) is 1.